The number of nitrogens with two attached hydrogens (primary N) is 1. The number of benzene rings is 2. The molecule has 0 radical (unpaired) electrons. The second kappa shape index (κ2) is 11.5. The molecule has 0 aliphatic carbocycles. The van der Waals surface area contributed by atoms with E-state index in [0.29, 0.717) is 24.0 Å². The first-order valence-electron chi connectivity index (χ1n) is 8.68. The van der Waals surface area contributed by atoms with Gasteiger partial charge in [0.05, 0.1) is 20.8 Å². The molecule has 0 saturated carbocycles. The third-order valence-corrected chi connectivity index (χ3v) is 4.15. The van der Waals surface area contributed by atoms with Crippen molar-refractivity contribution in [2.24, 2.45) is 10.7 Å². The third kappa shape index (κ3) is 6.50. The number of ether oxygens (including phenoxy) is 2. The molecule has 0 amide bonds. The topological polar surface area (TPSA) is 72.1 Å². The normalized spacial score (nSPS) is 10.7. The van der Waals surface area contributed by atoms with Crippen molar-refractivity contribution < 1.29 is 9.47 Å². The van der Waals surface area contributed by atoms with Gasteiger partial charge in [0, 0.05) is 30.5 Å². The molecule has 6 nitrogen and oxygen atoms in total. The number of hydrogen-bond donors (Lipinski definition) is 2. The lowest BCUT2D eigenvalue weighted by atomic mass is 10.2. The zero-order valence-corrected chi connectivity index (χ0v) is 18.7. The third-order valence-electron chi connectivity index (χ3n) is 4.15. The minimum Gasteiger partial charge on any atom is -0.493 e. The molecule has 148 valence electrons. The van der Waals surface area contributed by atoms with Gasteiger partial charge in [-0.1, -0.05) is 18.2 Å². The predicted molar refractivity (Wildman–Crippen MR) is 124 cm³/mol. The van der Waals surface area contributed by atoms with Crippen molar-refractivity contribution >= 4 is 41.3 Å². The van der Waals surface area contributed by atoms with Crippen LogP contribution in [0.15, 0.2) is 47.5 Å². The van der Waals surface area contributed by atoms with Crippen LogP contribution >= 0.6 is 24.0 Å². The van der Waals surface area contributed by atoms with Gasteiger partial charge in [-0.15, -0.1) is 24.0 Å². The van der Waals surface area contributed by atoms with Gasteiger partial charge in [-0.05, 0) is 37.6 Å². The van der Waals surface area contributed by atoms with Crippen molar-refractivity contribution in [1.82, 2.24) is 0 Å². The van der Waals surface area contributed by atoms with E-state index in [2.05, 4.69) is 53.3 Å². The Balaban J connectivity index is 0.00000364. The molecule has 0 spiro atoms. The summed E-state index contributed by atoms with van der Waals surface area (Å²) in [7, 11) is 3.21. The molecular formula is C20H29IN4O2. The zero-order valence-electron chi connectivity index (χ0n) is 16.4. The van der Waals surface area contributed by atoms with E-state index in [0.717, 1.165) is 18.8 Å². The first-order valence-corrected chi connectivity index (χ1v) is 8.68. The highest BCUT2D eigenvalue weighted by molar-refractivity contribution is 14.0. The number of hydrogen-bond acceptors (Lipinski definition) is 4. The van der Waals surface area contributed by atoms with E-state index < -0.39 is 0 Å². The van der Waals surface area contributed by atoms with Gasteiger partial charge in [0.15, 0.2) is 17.5 Å². The molecule has 0 aliphatic heterocycles. The molecule has 2 rings (SSSR count). The minimum atomic E-state index is 0. The highest BCUT2D eigenvalue weighted by Crippen LogP contribution is 2.29. The quantitative estimate of drug-likeness (QED) is 0.338. The first-order chi connectivity index (χ1) is 12.6. The van der Waals surface area contributed by atoms with Crippen molar-refractivity contribution in [2.45, 2.75) is 13.8 Å². The van der Waals surface area contributed by atoms with Crippen molar-refractivity contribution in [3.05, 3.63) is 48.0 Å². The summed E-state index contributed by atoms with van der Waals surface area (Å²) in [5.74, 6) is 1.69. The number of anilines is 2. The second-order valence-electron chi connectivity index (χ2n) is 5.83. The summed E-state index contributed by atoms with van der Waals surface area (Å²) in [5, 5.41) is 3.08. The van der Waals surface area contributed by atoms with Gasteiger partial charge in [-0.3, -0.25) is 4.99 Å². The van der Waals surface area contributed by atoms with Crippen LogP contribution in [0.5, 0.6) is 11.5 Å². The van der Waals surface area contributed by atoms with Crippen LogP contribution in [0.2, 0.25) is 0 Å². The smallest absolute Gasteiger partial charge is 0.193 e. The van der Waals surface area contributed by atoms with Gasteiger partial charge in [0.25, 0.3) is 0 Å². The van der Waals surface area contributed by atoms with Gasteiger partial charge >= 0.3 is 0 Å². The van der Waals surface area contributed by atoms with Crippen LogP contribution in [0.1, 0.15) is 12.5 Å². The van der Waals surface area contributed by atoms with Gasteiger partial charge < -0.3 is 25.4 Å². The molecule has 0 aromatic heterocycles. The molecule has 0 bridgehead atoms. The summed E-state index contributed by atoms with van der Waals surface area (Å²) >= 11 is 0. The van der Waals surface area contributed by atoms with Crippen LogP contribution in [-0.2, 0) is 0 Å². The molecule has 0 heterocycles. The van der Waals surface area contributed by atoms with Gasteiger partial charge in [0.1, 0.15) is 0 Å². The highest BCUT2D eigenvalue weighted by atomic mass is 127. The van der Waals surface area contributed by atoms with Crippen molar-refractivity contribution in [3.63, 3.8) is 0 Å². The minimum absolute atomic E-state index is 0. The number of halogens is 1. The monoisotopic (exact) mass is 484 g/mol. The second-order valence-corrected chi connectivity index (χ2v) is 5.83. The highest BCUT2D eigenvalue weighted by Gasteiger charge is 2.07. The summed E-state index contributed by atoms with van der Waals surface area (Å²) in [6, 6.07) is 13.9. The summed E-state index contributed by atoms with van der Waals surface area (Å²) in [4.78, 5) is 6.72. The largest absolute Gasteiger partial charge is 0.493 e. The van der Waals surface area contributed by atoms with Crippen LogP contribution in [0.3, 0.4) is 0 Å². The standard InChI is InChI=1S/C20H28N4O2.HI/c1-5-24(17-9-7-6-8-15(17)2)13-12-22-20(21)23-16-10-11-18(25-3)19(14-16)26-4;/h6-11,14H,5,12-13H2,1-4H3,(H3,21,22,23);1H. The molecule has 27 heavy (non-hydrogen) atoms. The zero-order chi connectivity index (χ0) is 18.9. The van der Waals surface area contributed by atoms with E-state index in [1.165, 1.54) is 11.3 Å². The van der Waals surface area contributed by atoms with Gasteiger partial charge in [-0.2, -0.15) is 0 Å². The maximum absolute atomic E-state index is 6.01. The molecular weight excluding hydrogens is 455 g/mol. The summed E-state index contributed by atoms with van der Waals surface area (Å²) in [6.45, 7) is 6.59. The molecule has 3 N–H and O–H groups in total. The Labute approximate surface area is 178 Å². The Morgan fingerprint density at radius 3 is 2.44 bits per heavy atom. The molecule has 2 aromatic rings. The van der Waals surface area contributed by atoms with Crippen molar-refractivity contribution in [2.75, 3.05) is 44.1 Å². The lowest BCUT2D eigenvalue weighted by Gasteiger charge is -2.24. The van der Waals surface area contributed by atoms with E-state index in [1.807, 2.05) is 18.2 Å². The van der Waals surface area contributed by atoms with Crippen LogP contribution in [0.25, 0.3) is 0 Å². The molecule has 0 aliphatic rings. The summed E-state index contributed by atoms with van der Waals surface area (Å²) in [5.41, 5.74) is 9.31. The van der Waals surface area contributed by atoms with E-state index in [4.69, 9.17) is 15.2 Å². The number of methoxy groups -OCH3 is 2. The first kappa shape index (κ1) is 22.9. The number of nitrogens with zero attached hydrogens (tertiary/aromatic N) is 2. The molecule has 2 aromatic carbocycles. The summed E-state index contributed by atoms with van der Waals surface area (Å²) in [6.07, 6.45) is 0. The predicted octanol–water partition coefficient (Wildman–Crippen LogP) is 3.88. The lowest BCUT2D eigenvalue weighted by molar-refractivity contribution is 0.355. The number of para-hydroxylation sites is 1. The average molecular weight is 484 g/mol. The van der Waals surface area contributed by atoms with E-state index in [1.54, 1.807) is 14.2 Å². The van der Waals surface area contributed by atoms with Crippen LogP contribution in [0, 0.1) is 6.92 Å². The van der Waals surface area contributed by atoms with Crippen molar-refractivity contribution in [3.8, 4) is 11.5 Å². The summed E-state index contributed by atoms with van der Waals surface area (Å²) < 4.78 is 10.5. The molecule has 0 unspecified atom stereocenters. The fourth-order valence-electron chi connectivity index (χ4n) is 2.76. The van der Waals surface area contributed by atoms with E-state index in [9.17, 15) is 0 Å². The van der Waals surface area contributed by atoms with Gasteiger partial charge in [-0.25, -0.2) is 0 Å². The number of likely N-dealkylation sites (N-methyl/N-ethyl adjacent to an activating group) is 1. The average Bonchev–Trinajstić information content (AvgIpc) is 2.66. The number of nitrogens with one attached hydrogen (secondary N) is 1. The fraction of sp³-hybridized carbons (Fsp3) is 0.350. The maximum atomic E-state index is 6.01. The Kier molecular flexibility index (Phi) is 9.77. The van der Waals surface area contributed by atoms with E-state index in [-0.39, 0.29) is 24.0 Å². The fourth-order valence-corrected chi connectivity index (χ4v) is 2.76. The molecule has 0 atom stereocenters. The Morgan fingerprint density at radius 1 is 1.11 bits per heavy atom. The lowest BCUT2D eigenvalue weighted by Crippen LogP contribution is -2.29. The van der Waals surface area contributed by atoms with Crippen LogP contribution in [-0.4, -0.2) is 39.8 Å². The Bertz CT molecular complexity index is 753. The SMILES string of the molecule is CCN(CCN=C(N)Nc1ccc(OC)c(OC)c1)c1ccccc1C.I. The molecule has 7 heteroatoms. The number of aliphatic imine (C=N–C) groups is 1. The Morgan fingerprint density at radius 2 is 1.81 bits per heavy atom. The van der Waals surface area contributed by atoms with Crippen molar-refractivity contribution in [1.29, 1.82) is 0 Å². The number of guanidine groups is 1. The molecule has 0 saturated heterocycles. The number of aryl methyl sites for hydroxylation is 1. The Hall–Kier alpha value is -2.16. The van der Waals surface area contributed by atoms with E-state index >= 15 is 0 Å². The number of rotatable bonds is 8. The van der Waals surface area contributed by atoms with Gasteiger partial charge in [0.2, 0.25) is 0 Å². The van der Waals surface area contributed by atoms with Crippen LogP contribution in [0.4, 0.5) is 11.4 Å². The van der Waals surface area contributed by atoms with Crippen LogP contribution < -0.4 is 25.4 Å². The maximum Gasteiger partial charge on any atom is 0.193 e. The molecule has 0 fully saturated rings.